The van der Waals surface area contributed by atoms with E-state index in [4.69, 9.17) is 9.47 Å². The van der Waals surface area contributed by atoms with Gasteiger partial charge >= 0.3 is 5.97 Å². The van der Waals surface area contributed by atoms with Gasteiger partial charge in [-0.05, 0) is 29.3 Å². The summed E-state index contributed by atoms with van der Waals surface area (Å²) in [5.41, 5.74) is 2.35. The topological polar surface area (TPSA) is 52.6 Å². The van der Waals surface area contributed by atoms with Gasteiger partial charge < -0.3 is 9.47 Å². The van der Waals surface area contributed by atoms with Gasteiger partial charge in [-0.3, -0.25) is 9.59 Å². The lowest BCUT2D eigenvalue weighted by atomic mass is 10.1. The minimum Gasteiger partial charge on any atom is -0.452 e. The number of ether oxygens (including phenoxy) is 2. The van der Waals surface area contributed by atoms with Crippen molar-refractivity contribution in [2.24, 2.45) is 0 Å². The molecule has 4 rings (SSSR count). The monoisotopic (exact) mass is 382 g/mol. The fourth-order valence-corrected chi connectivity index (χ4v) is 2.99. The predicted octanol–water partition coefficient (Wildman–Crippen LogP) is 5.01. The highest BCUT2D eigenvalue weighted by Gasteiger charge is 2.27. The van der Waals surface area contributed by atoms with E-state index in [-0.39, 0.29) is 23.9 Å². The summed E-state index contributed by atoms with van der Waals surface area (Å²) in [4.78, 5) is 24.6. The van der Waals surface area contributed by atoms with Crippen molar-refractivity contribution in [1.82, 2.24) is 0 Å². The minimum absolute atomic E-state index is 0.174. The molecule has 0 aromatic heterocycles. The van der Waals surface area contributed by atoms with Gasteiger partial charge in [0.05, 0.1) is 12.0 Å². The first-order valence-electron chi connectivity index (χ1n) is 9.24. The molecule has 4 nitrogen and oxygen atoms in total. The van der Waals surface area contributed by atoms with Gasteiger partial charge in [0.2, 0.25) is 5.78 Å². The molecule has 4 heteroatoms. The lowest BCUT2D eigenvalue weighted by Gasteiger charge is -2.05. The van der Waals surface area contributed by atoms with Crippen molar-refractivity contribution in [1.29, 1.82) is 0 Å². The van der Waals surface area contributed by atoms with Crippen molar-refractivity contribution >= 4 is 17.8 Å². The number of carbonyl (C=O) groups is 2. The van der Waals surface area contributed by atoms with Gasteiger partial charge in [0.1, 0.15) is 11.5 Å². The summed E-state index contributed by atoms with van der Waals surface area (Å²) in [5, 5.41) is 0. The Morgan fingerprint density at radius 2 is 1.66 bits per heavy atom. The number of allylic oxidation sites excluding steroid dienone is 3. The van der Waals surface area contributed by atoms with Crippen molar-refractivity contribution in [3.8, 4) is 11.5 Å². The Balaban J connectivity index is 1.43. The quantitative estimate of drug-likeness (QED) is 0.354. The molecular formula is C25H18O4. The second-order valence-corrected chi connectivity index (χ2v) is 6.53. The van der Waals surface area contributed by atoms with Crippen LogP contribution in [0.15, 0.2) is 96.8 Å². The summed E-state index contributed by atoms with van der Waals surface area (Å²) in [6, 6.07) is 23.9. The fraction of sp³-hybridized carbons (Fsp3) is 0.0400. The molecule has 1 aliphatic heterocycles. The molecule has 0 radical (unpaired) electrons. The number of benzene rings is 3. The maximum absolute atomic E-state index is 12.5. The summed E-state index contributed by atoms with van der Waals surface area (Å²) in [7, 11) is 0. The van der Waals surface area contributed by atoms with Crippen LogP contribution in [0.3, 0.4) is 0 Å². The Morgan fingerprint density at radius 1 is 0.931 bits per heavy atom. The van der Waals surface area contributed by atoms with Crippen LogP contribution >= 0.6 is 0 Å². The normalized spacial score (nSPS) is 14.1. The molecule has 0 saturated carbocycles. The Morgan fingerprint density at radius 3 is 2.41 bits per heavy atom. The zero-order valence-corrected chi connectivity index (χ0v) is 15.6. The highest BCUT2D eigenvalue weighted by molar-refractivity contribution is 6.12. The molecule has 0 unspecified atom stereocenters. The molecule has 0 saturated heterocycles. The largest absolute Gasteiger partial charge is 0.452 e. The zero-order chi connectivity index (χ0) is 20.1. The second kappa shape index (κ2) is 8.40. The Labute approximate surface area is 168 Å². The molecule has 3 aromatic carbocycles. The van der Waals surface area contributed by atoms with Crippen LogP contribution in [0.5, 0.6) is 11.5 Å². The van der Waals surface area contributed by atoms with E-state index in [1.165, 1.54) is 0 Å². The van der Waals surface area contributed by atoms with E-state index in [1.54, 1.807) is 30.4 Å². The fourth-order valence-electron chi connectivity index (χ4n) is 2.99. The number of rotatable bonds is 5. The van der Waals surface area contributed by atoms with E-state index in [2.05, 4.69) is 0 Å². The van der Waals surface area contributed by atoms with Gasteiger partial charge in [0.15, 0.2) is 5.76 Å². The van der Waals surface area contributed by atoms with Gasteiger partial charge in [0, 0.05) is 6.07 Å². The van der Waals surface area contributed by atoms with E-state index in [9.17, 15) is 9.59 Å². The molecule has 0 N–H and O–H groups in total. The Bertz CT molecular complexity index is 1100. The Hall–Kier alpha value is -3.92. The van der Waals surface area contributed by atoms with Crippen LogP contribution in [0.2, 0.25) is 0 Å². The molecule has 0 amide bonds. The molecule has 0 fully saturated rings. The SMILES string of the molecule is O=C(Cc1ccccc1)Oc1ccc2c(c1)O/C(=C\C=C\c1ccccc1)C2=O. The van der Waals surface area contributed by atoms with Crippen LogP contribution < -0.4 is 9.47 Å². The number of ketones is 1. The zero-order valence-electron chi connectivity index (χ0n) is 15.6. The number of Topliss-reactive ketones (excluding diaryl/α,β-unsaturated/α-hetero) is 1. The summed E-state index contributed by atoms with van der Waals surface area (Å²) in [5.74, 6) is 0.403. The molecule has 0 atom stereocenters. The highest BCUT2D eigenvalue weighted by atomic mass is 16.5. The van der Waals surface area contributed by atoms with Crippen LogP contribution in [0.4, 0.5) is 0 Å². The molecule has 0 aliphatic carbocycles. The van der Waals surface area contributed by atoms with Crippen molar-refractivity contribution in [3.05, 3.63) is 113 Å². The first-order chi connectivity index (χ1) is 14.2. The third-order valence-corrected chi connectivity index (χ3v) is 4.40. The summed E-state index contributed by atoms with van der Waals surface area (Å²) >= 11 is 0. The number of carbonyl (C=O) groups excluding carboxylic acids is 2. The molecule has 142 valence electrons. The highest BCUT2D eigenvalue weighted by Crippen LogP contribution is 2.34. The van der Waals surface area contributed by atoms with Crippen molar-refractivity contribution in [2.45, 2.75) is 6.42 Å². The maximum atomic E-state index is 12.5. The van der Waals surface area contributed by atoms with Crippen LogP contribution in [-0.2, 0) is 11.2 Å². The van der Waals surface area contributed by atoms with Crippen LogP contribution in [-0.4, -0.2) is 11.8 Å². The van der Waals surface area contributed by atoms with Crippen LogP contribution in [0, 0.1) is 0 Å². The van der Waals surface area contributed by atoms with Crippen molar-refractivity contribution in [3.63, 3.8) is 0 Å². The third-order valence-electron chi connectivity index (χ3n) is 4.40. The standard InChI is InChI=1S/C25H18O4/c26-24(16-19-10-5-2-6-11-19)28-20-14-15-21-23(17-20)29-22(25(21)27)13-7-12-18-8-3-1-4-9-18/h1-15,17H,16H2/b12-7+,22-13-. The number of fused-ring (bicyclic) bond motifs is 1. The lowest BCUT2D eigenvalue weighted by Crippen LogP contribution is -2.11. The third kappa shape index (κ3) is 4.50. The first-order valence-corrected chi connectivity index (χ1v) is 9.24. The first kappa shape index (κ1) is 18.4. The average molecular weight is 382 g/mol. The van der Waals surface area contributed by atoms with Gasteiger partial charge in [-0.2, -0.15) is 0 Å². The number of hydrogen-bond donors (Lipinski definition) is 0. The number of hydrogen-bond acceptors (Lipinski definition) is 4. The van der Waals surface area contributed by atoms with Gasteiger partial charge in [0.25, 0.3) is 0 Å². The van der Waals surface area contributed by atoms with E-state index < -0.39 is 0 Å². The number of esters is 1. The molecule has 0 bridgehead atoms. The van der Waals surface area contributed by atoms with Crippen molar-refractivity contribution < 1.29 is 19.1 Å². The van der Waals surface area contributed by atoms with E-state index in [0.717, 1.165) is 11.1 Å². The minimum atomic E-state index is -0.373. The summed E-state index contributed by atoms with van der Waals surface area (Å²) in [6.07, 6.45) is 5.47. The van der Waals surface area contributed by atoms with E-state index >= 15 is 0 Å². The van der Waals surface area contributed by atoms with Gasteiger partial charge in [-0.15, -0.1) is 0 Å². The lowest BCUT2D eigenvalue weighted by molar-refractivity contribution is -0.133. The second-order valence-electron chi connectivity index (χ2n) is 6.53. The Kier molecular flexibility index (Phi) is 5.34. The summed E-state index contributed by atoms with van der Waals surface area (Å²) in [6.45, 7) is 0. The molecule has 29 heavy (non-hydrogen) atoms. The van der Waals surface area contributed by atoms with Crippen LogP contribution in [0.1, 0.15) is 21.5 Å². The average Bonchev–Trinajstić information content (AvgIpc) is 3.04. The maximum Gasteiger partial charge on any atom is 0.315 e. The molecule has 1 aliphatic rings. The molecule has 0 spiro atoms. The van der Waals surface area contributed by atoms with E-state index in [0.29, 0.717) is 17.1 Å². The molecular weight excluding hydrogens is 364 g/mol. The van der Waals surface area contributed by atoms with Crippen LogP contribution in [0.25, 0.3) is 6.08 Å². The molecule has 3 aromatic rings. The van der Waals surface area contributed by atoms with Gasteiger partial charge in [-0.25, -0.2) is 0 Å². The molecule has 1 heterocycles. The predicted molar refractivity (Wildman–Crippen MR) is 111 cm³/mol. The smallest absolute Gasteiger partial charge is 0.315 e. The van der Waals surface area contributed by atoms with E-state index in [1.807, 2.05) is 66.7 Å². The van der Waals surface area contributed by atoms with Gasteiger partial charge in [-0.1, -0.05) is 72.8 Å². The van der Waals surface area contributed by atoms with Crippen molar-refractivity contribution in [2.75, 3.05) is 0 Å². The summed E-state index contributed by atoms with van der Waals surface area (Å²) < 4.78 is 11.1.